The summed E-state index contributed by atoms with van der Waals surface area (Å²) in [6.07, 6.45) is 8.03. The van der Waals surface area contributed by atoms with Crippen LogP contribution in [0.3, 0.4) is 0 Å². The third-order valence-electron chi connectivity index (χ3n) is 7.54. The summed E-state index contributed by atoms with van der Waals surface area (Å²) in [6, 6.07) is 0.152. The summed E-state index contributed by atoms with van der Waals surface area (Å²) in [4.78, 5) is 48.1. The first-order chi connectivity index (χ1) is 19.0. The fourth-order valence-electron chi connectivity index (χ4n) is 5.23. The zero-order valence-electron chi connectivity index (χ0n) is 25.8. The Morgan fingerprint density at radius 1 is 0.634 bits per heavy atom. The van der Waals surface area contributed by atoms with E-state index in [1.165, 1.54) is 0 Å². The SMILES string of the molecule is C=C(C)C(=O)OCC(C)(C)OC(=O)NC1CCC(CC2CCC(NC(=O)OC(C)(C)COC(=O)C(=C)C)CC2)CC1. The van der Waals surface area contributed by atoms with E-state index >= 15 is 0 Å². The van der Waals surface area contributed by atoms with Crippen LogP contribution in [-0.4, -0.2) is 60.6 Å². The van der Waals surface area contributed by atoms with Gasteiger partial charge < -0.3 is 29.6 Å². The van der Waals surface area contributed by atoms with Crippen molar-refractivity contribution >= 4 is 24.1 Å². The van der Waals surface area contributed by atoms with Gasteiger partial charge in [0.2, 0.25) is 0 Å². The van der Waals surface area contributed by atoms with Gasteiger partial charge in [0.25, 0.3) is 0 Å². The van der Waals surface area contributed by atoms with Crippen molar-refractivity contribution in [2.45, 2.75) is 123 Å². The molecule has 0 bridgehead atoms. The number of alkyl carbamates (subject to hydrolysis) is 2. The Hall–Kier alpha value is -3.04. The summed E-state index contributed by atoms with van der Waals surface area (Å²) in [7, 11) is 0. The maximum Gasteiger partial charge on any atom is 0.408 e. The summed E-state index contributed by atoms with van der Waals surface area (Å²) in [5.41, 5.74) is -1.28. The molecule has 2 aliphatic carbocycles. The Balaban J connectivity index is 1.63. The monoisotopic (exact) mass is 578 g/mol. The highest BCUT2D eigenvalue weighted by molar-refractivity contribution is 5.87. The number of carbonyl (C=O) groups excluding carboxylic acids is 4. The number of ether oxygens (including phenoxy) is 4. The lowest BCUT2D eigenvalue weighted by atomic mass is 9.76. The van der Waals surface area contributed by atoms with Gasteiger partial charge in [-0.25, -0.2) is 19.2 Å². The number of hydrogen-bond acceptors (Lipinski definition) is 8. The normalized spacial score (nSPS) is 23.0. The van der Waals surface area contributed by atoms with Crippen molar-refractivity contribution in [3.05, 3.63) is 24.3 Å². The average Bonchev–Trinajstić information content (AvgIpc) is 2.87. The standard InChI is InChI=1S/C31H50N2O8/c1-20(2)26(34)38-18-30(5,6)40-28(36)32-24-13-9-22(10-14-24)17-23-11-15-25(16-12-23)33-29(37)41-31(7,8)19-39-27(35)21(3)4/h22-25H,1,3,9-19H2,2,4-8H3,(H,32,36)(H,33,37). The predicted molar refractivity (Wildman–Crippen MR) is 155 cm³/mol. The van der Waals surface area contributed by atoms with Crippen LogP contribution in [0.5, 0.6) is 0 Å². The van der Waals surface area contributed by atoms with Gasteiger partial charge in [-0.3, -0.25) is 0 Å². The molecule has 0 aromatic rings. The molecule has 2 N–H and O–H groups in total. The van der Waals surface area contributed by atoms with Gasteiger partial charge in [0.1, 0.15) is 24.4 Å². The molecule has 41 heavy (non-hydrogen) atoms. The maximum absolute atomic E-state index is 12.4. The molecule has 2 aliphatic rings. The van der Waals surface area contributed by atoms with Gasteiger partial charge in [-0.15, -0.1) is 0 Å². The van der Waals surface area contributed by atoms with Crippen molar-refractivity contribution < 1.29 is 38.1 Å². The van der Waals surface area contributed by atoms with E-state index in [1.807, 2.05) is 0 Å². The summed E-state index contributed by atoms with van der Waals surface area (Å²) < 4.78 is 21.2. The van der Waals surface area contributed by atoms with Crippen molar-refractivity contribution in [2.75, 3.05) is 13.2 Å². The number of esters is 2. The van der Waals surface area contributed by atoms with E-state index in [0.717, 1.165) is 57.8 Å². The van der Waals surface area contributed by atoms with Crippen molar-refractivity contribution in [2.24, 2.45) is 11.8 Å². The fourth-order valence-corrected chi connectivity index (χ4v) is 5.23. The third kappa shape index (κ3) is 13.0. The highest BCUT2D eigenvalue weighted by Gasteiger charge is 2.31. The second kappa shape index (κ2) is 15.3. The number of rotatable bonds is 12. The Morgan fingerprint density at radius 3 is 1.24 bits per heavy atom. The Morgan fingerprint density at radius 2 is 0.951 bits per heavy atom. The van der Waals surface area contributed by atoms with E-state index in [1.54, 1.807) is 41.5 Å². The first kappa shape index (κ1) is 34.2. The van der Waals surface area contributed by atoms with Gasteiger partial charge in [-0.2, -0.15) is 0 Å². The van der Waals surface area contributed by atoms with E-state index in [-0.39, 0.29) is 25.3 Å². The molecule has 0 aromatic heterocycles. The largest absolute Gasteiger partial charge is 0.458 e. The molecular formula is C31H50N2O8. The summed E-state index contributed by atoms with van der Waals surface area (Å²) in [5, 5.41) is 5.94. The van der Waals surface area contributed by atoms with Crippen molar-refractivity contribution in [1.82, 2.24) is 10.6 Å². The molecule has 232 valence electrons. The summed E-state index contributed by atoms with van der Waals surface area (Å²) in [5.74, 6) is 0.244. The van der Waals surface area contributed by atoms with Gasteiger partial charge in [0.15, 0.2) is 0 Å². The highest BCUT2D eigenvalue weighted by atomic mass is 16.6. The number of carbonyl (C=O) groups is 4. The summed E-state index contributed by atoms with van der Waals surface area (Å²) in [6.45, 7) is 17.0. The Bertz CT molecular complexity index is 881. The van der Waals surface area contributed by atoms with Crippen LogP contribution in [-0.2, 0) is 28.5 Å². The molecule has 10 nitrogen and oxygen atoms in total. The molecule has 0 heterocycles. The average molecular weight is 579 g/mol. The lowest BCUT2D eigenvalue weighted by molar-refractivity contribution is -0.145. The van der Waals surface area contributed by atoms with Crippen LogP contribution in [0, 0.1) is 11.8 Å². The van der Waals surface area contributed by atoms with Crippen LogP contribution >= 0.6 is 0 Å². The lowest BCUT2D eigenvalue weighted by Gasteiger charge is -2.35. The van der Waals surface area contributed by atoms with E-state index < -0.39 is 35.3 Å². The molecular weight excluding hydrogens is 528 g/mol. The van der Waals surface area contributed by atoms with Gasteiger partial charge in [0.05, 0.1) is 0 Å². The molecule has 0 radical (unpaired) electrons. The van der Waals surface area contributed by atoms with E-state index in [0.29, 0.717) is 23.0 Å². The fraction of sp³-hybridized carbons (Fsp3) is 0.742. The minimum Gasteiger partial charge on any atom is -0.458 e. The van der Waals surface area contributed by atoms with Crippen LogP contribution in [0.2, 0.25) is 0 Å². The van der Waals surface area contributed by atoms with Gasteiger partial charge in [-0.05, 0) is 111 Å². The number of nitrogens with one attached hydrogen (secondary N) is 2. The second-order valence-electron chi connectivity index (χ2n) is 13.0. The molecule has 0 saturated heterocycles. The van der Waals surface area contributed by atoms with Crippen molar-refractivity contribution in [3.8, 4) is 0 Å². The Labute approximate surface area is 244 Å². The molecule has 2 rings (SSSR count). The molecule has 2 amide bonds. The highest BCUT2D eigenvalue weighted by Crippen LogP contribution is 2.35. The zero-order valence-corrected chi connectivity index (χ0v) is 25.8. The van der Waals surface area contributed by atoms with E-state index in [4.69, 9.17) is 18.9 Å². The second-order valence-corrected chi connectivity index (χ2v) is 13.0. The molecule has 0 spiro atoms. The molecule has 10 heteroatoms. The zero-order chi connectivity index (χ0) is 30.8. The molecule has 0 atom stereocenters. The van der Waals surface area contributed by atoms with E-state index in [9.17, 15) is 19.2 Å². The topological polar surface area (TPSA) is 129 Å². The number of amides is 2. The molecule has 0 aromatic carbocycles. The smallest absolute Gasteiger partial charge is 0.408 e. The summed E-state index contributed by atoms with van der Waals surface area (Å²) >= 11 is 0. The molecule has 2 fully saturated rings. The van der Waals surface area contributed by atoms with Crippen LogP contribution in [0.1, 0.15) is 99.3 Å². The maximum atomic E-state index is 12.4. The van der Waals surface area contributed by atoms with Crippen LogP contribution < -0.4 is 10.6 Å². The molecule has 0 aliphatic heterocycles. The minimum atomic E-state index is -0.938. The van der Waals surface area contributed by atoms with Crippen molar-refractivity contribution in [3.63, 3.8) is 0 Å². The molecule has 0 unspecified atom stereocenters. The minimum absolute atomic E-state index is 0.0389. The lowest BCUT2D eigenvalue weighted by Crippen LogP contribution is -2.44. The third-order valence-corrected chi connectivity index (χ3v) is 7.54. The predicted octanol–water partition coefficient (Wildman–Crippen LogP) is 5.74. The van der Waals surface area contributed by atoms with Crippen LogP contribution in [0.25, 0.3) is 0 Å². The van der Waals surface area contributed by atoms with Gasteiger partial charge >= 0.3 is 24.1 Å². The number of hydrogen-bond donors (Lipinski definition) is 2. The van der Waals surface area contributed by atoms with Gasteiger partial charge in [0, 0.05) is 23.2 Å². The quantitative estimate of drug-likeness (QED) is 0.170. The Kier molecular flexibility index (Phi) is 12.7. The first-order valence-electron chi connectivity index (χ1n) is 14.7. The van der Waals surface area contributed by atoms with E-state index in [2.05, 4.69) is 23.8 Å². The first-order valence-corrected chi connectivity index (χ1v) is 14.7. The van der Waals surface area contributed by atoms with Gasteiger partial charge in [-0.1, -0.05) is 13.2 Å². The van der Waals surface area contributed by atoms with Crippen LogP contribution in [0.15, 0.2) is 24.3 Å². The van der Waals surface area contributed by atoms with Crippen molar-refractivity contribution in [1.29, 1.82) is 0 Å². The molecule has 2 saturated carbocycles. The van der Waals surface area contributed by atoms with Crippen LogP contribution in [0.4, 0.5) is 9.59 Å².